The monoisotopic (exact) mass is 268 g/mol. The van der Waals surface area contributed by atoms with Crippen LogP contribution in [0.1, 0.15) is 39.0 Å². The lowest BCUT2D eigenvalue weighted by Gasteiger charge is -2.37. The summed E-state index contributed by atoms with van der Waals surface area (Å²) < 4.78 is 5.06. The number of carbonyl (C=O) groups is 2. The van der Waals surface area contributed by atoms with Crippen molar-refractivity contribution in [3.63, 3.8) is 0 Å². The van der Waals surface area contributed by atoms with Gasteiger partial charge in [-0.3, -0.25) is 4.79 Å². The third-order valence-electron chi connectivity index (χ3n) is 3.94. The van der Waals surface area contributed by atoms with Crippen molar-refractivity contribution in [3.05, 3.63) is 0 Å². The Morgan fingerprint density at radius 1 is 1.05 bits per heavy atom. The van der Waals surface area contributed by atoms with E-state index in [-0.39, 0.29) is 17.9 Å². The predicted octanol–water partition coefficient (Wildman–Crippen LogP) is 1.87. The van der Waals surface area contributed by atoms with Gasteiger partial charge in [0, 0.05) is 26.2 Å². The van der Waals surface area contributed by atoms with Crippen LogP contribution in [-0.4, -0.2) is 54.6 Å². The van der Waals surface area contributed by atoms with Crippen molar-refractivity contribution < 1.29 is 14.3 Å². The molecule has 0 saturated carbocycles. The SMILES string of the molecule is CCOC(=O)[C@H]1CCCN(C(=O)N2CCCCC2)C1. The summed E-state index contributed by atoms with van der Waals surface area (Å²) >= 11 is 0. The first-order chi connectivity index (χ1) is 9.22. The van der Waals surface area contributed by atoms with Gasteiger partial charge < -0.3 is 14.5 Å². The number of esters is 1. The minimum atomic E-state index is -0.154. The number of hydrogen-bond acceptors (Lipinski definition) is 3. The third kappa shape index (κ3) is 3.61. The van der Waals surface area contributed by atoms with Crippen molar-refractivity contribution in [2.45, 2.75) is 39.0 Å². The third-order valence-corrected chi connectivity index (χ3v) is 3.94. The van der Waals surface area contributed by atoms with Crippen LogP contribution in [0, 0.1) is 5.92 Å². The molecule has 108 valence electrons. The highest BCUT2D eigenvalue weighted by atomic mass is 16.5. The summed E-state index contributed by atoms with van der Waals surface area (Å²) in [6, 6.07) is 0.105. The molecule has 0 unspecified atom stereocenters. The molecular weight excluding hydrogens is 244 g/mol. The van der Waals surface area contributed by atoms with E-state index in [1.54, 1.807) is 0 Å². The largest absolute Gasteiger partial charge is 0.466 e. The predicted molar refractivity (Wildman–Crippen MR) is 71.8 cm³/mol. The summed E-state index contributed by atoms with van der Waals surface area (Å²) in [6.07, 6.45) is 5.14. The molecule has 5 heteroatoms. The minimum absolute atomic E-state index is 0.105. The molecule has 2 heterocycles. The molecule has 0 radical (unpaired) electrons. The number of hydrogen-bond donors (Lipinski definition) is 0. The summed E-state index contributed by atoms with van der Waals surface area (Å²) in [5.41, 5.74) is 0. The van der Waals surface area contributed by atoms with E-state index < -0.39 is 0 Å². The van der Waals surface area contributed by atoms with Gasteiger partial charge in [0.25, 0.3) is 0 Å². The van der Waals surface area contributed by atoms with E-state index in [9.17, 15) is 9.59 Å². The van der Waals surface area contributed by atoms with Gasteiger partial charge in [-0.05, 0) is 39.0 Å². The van der Waals surface area contributed by atoms with E-state index in [0.29, 0.717) is 13.2 Å². The minimum Gasteiger partial charge on any atom is -0.466 e. The van der Waals surface area contributed by atoms with Gasteiger partial charge in [0.05, 0.1) is 12.5 Å². The lowest BCUT2D eigenvalue weighted by atomic mass is 9.98. The van der Waals surface area contributed by atoms with Crippen molar-refractivity contribution in [2.24, 2.45) is 5.92 Å². The molecule has 0 aromatic carbocycles. The highest BCUT2D eigenvalue weighted by molar-refractivity contribution is 5.77. The van der Waals surface area contributed by atoms with Crippen LogP contribution in [-0.2, 0) is 9.53 Å². The second-order valence-corrected chi connectivity index (χ2v) is 5.37. The number of rotatable bonds is 2. The van der Waals surface area contributed by atoms with E-state index in [1.807, 2.05) is 16.7 Å². The molecule has 0 aromatic rings. The molecule has 5 nitrogen and oxygen atoms in total. The fourth-order valence-electron chi connectivity index (χ4n) is 2.89. The Bertz CT molecular complexity index is 327. The maximum Gasteiger partial charge on any atom is 0.320 e. The molecule has 0 N–H and O–H groups in total. The number of likely N-dealkylation sites (tertiary alicyclic amines) is 2. The quantitative estimate of drug-likeness (QED) is 0.718. The molecule has 0 bridgehead atoms. The molecule has 2 saturated heterocycles. The van der Waals surface area contributed by atoms with Crippen LogP contribution in [0.25, 0.3) is 0 Å². The van der Waals surface area contributed by atoms with Gasteiger partial charge in [0.15, 0.2) is 0 Å². The highest BCUT2D eigenvalue weighted by Gasteiger charge is 2.31. The summed E-state index contributed by atoms with van der Waals surface area (Å²) in [4.78, 5) is 27.9. The zero-order valence-corrected chi connectivity index (χ0v) is 11.8. The number of urea groups is 1. The maximum absolute atomic E-state index is 12.4. The Hall–Kier alpha value is -1.26. The molecule has 2 aliphatic rings. The zero-order valence-electron chi connectivity index (χ0n) is 11.8. The van der Waals surface area contributed by atoms with Gasteiger partial charge in [0.2, 0.25) is 0 Å². The Kier molecular flexibility index (Phi) is 5.05. The van der Waals surface area contributed by atoms with E-state index in [1.165, 1.54) is 6.42 Å². The number of piperidine rings is 2. The second kappa shape index (κ2) is 6.78. The van der Waals surface area contributed by atoms with Crippen molar-refractivity contribution in [1.82, 2.24) is 9.80 Å². The molecule has 2 amide bonds. The first kappa shape index (κ1) is 14.2. The van der Waals surface area contributed by atoms with E-state index in [4.69, 9.17) is 4.74 Å². The van der Waals surface area contributed by atoms with Crippen LogP contribution in [0.4, 0.5) is 4.79 Å². The van der Waals surface area contributed by atoms with Crippen LogP contribution < -0.4 is 0 Å². The highest BCUT2D eigenvalue weighted by Crippen LogP contribution is 2.20. The molecule has 2 aliphatic heterocycles. The van der Waals surface area contributed by atoms with Gasteiger partial charge in [0.1, 0.15) is 0 Å². The van der Waals surface area contributed by atoms with E-state index in [0.717, 1.165) is 45.3 Å². The summed E-state index contributed by atoms with van der Waals surface area (Å²) in [5.74, 6) is -0.291. The van der Waals surface area contributed by atoms with E-state index in [2.05, 4.69) is 0 Å². The lowest BCUT2D eigenvalue weighted by molar-refractivity contribution is -0.149. The molecule has 19 heavy (non-hydrogen) atoms. The molecule has 0 aromatic heterocycles. The average Bonchev–Trinajstić information content (AvgIpc) is 2.48. The molecule has 0 aliphatic carbocycles. The molecule has 0 spiro atoms. The Balaban J connectivity index is 1.89. The maximum atomic E-state index is 12.4. The lowest BCUT2D eigenvalue weighted by Crippen LogP contribution is -2.50. The van der Waals surface area contributed by atoms with Crippen LogP contribution in [0.2, 0.25) is 0 Å². The van der Waals surface area contributed by atoms with Gasteiger partial charge in [-0.2, -0.15) is 0 Å². The van der Waals surface area contributed by atoms with Crippen LogP contribution in [0.3, 0.4) is 0 Å². The Labute approximate surface area is 114 Å². The number of ether oxygens (including phenoxy) is 1. The standard InChI is InChI=1S/C14H24N2O3/c1-2-19-13(17)12-7-6-10-16(11-12)14(18)15-8-4-3-5-9-15/h12H,2-11H2,1H3/t12-/m0/s1. The van der Waals surface area contributed by atoms with Gasteiger partial charge in [-0.1, -0.05) is 0 Å². The van der Waals surface area contributed by atoms with E-state index >= 15 is 0 Å². The first-order valence-electron chi connectivity index (χ1n) is 7.43. The van der Waals surface area contributed by atoms with Crippen molar-refractivity contribution in [3.8, 4) is 0 Å². The van der Waals surface area contributed by atoms with Crippen molar-refractivity contribution >= 4 is 12.0 Å². The van der Waals surface area contributed by atoms with Crippen LogP contribution >= 0.6 is 0 Å². The summed E-state index contributed by atoms with van der Waals surface area (Å²) in [5, 5.41) is 0. The van der Waals surface area contributed by atoms with Crippen molar-refractivity contribution in [1.29, 1.82) is 0 Å². The topological polar surface area (TPSA) is 49.9 Å². The number of nitrogens with zero attached hydrogens (tertiary/aromatic N) is 2. The molecular formula is C14H24N2O3. The second-order valence-electron chi connectivity index (χ2n) is 5.37. The van der Waals surface area contributed by atoms with Gasteiger partial charge >= 0.3 is 12.0 Å². The summed E-state index contributed by atoms with van der Waals surface area (Å²) in [6.45, 7) is 5.24. The van der Waals surface area contributed by atoms with Gasteiger partial charge in [-0.15, -0.1) is 0 Å². The first-order valence-corrected chi connectivity index (χ1v) is 7.43. The zero-order chi connectivity index (χ0) is 13.7. The van der Waals surface area contributed by atoms with Crippen LogP contribution in [0.5, 0.6) is 0 Å². The average molecular weight is 268 g/mol. The fourth-order valence-corrected chi connectivity index (χ4v) is 2.89. The molecule has 2 fully saturated rings. The number of amides is 2. The number of carbonyl (C=O) groups excluding carboxylic acids is 2. The normalized spacial score (nSPS) is 24.2. The summed E-state index contributed by atoms with van der Waals surface area (Å²) in [7, 11) is 0. The molecule has 2 rings (SSSR count). The Morgan fingerprint density at radius 2 is 1.74 bits per heavy atom. The molecule has 1 atom stereocenters. The van der Waals surface area contributed by atoms with Gasteiger partial charge in [-0.25, -0.2) is 4.79 Å². The van der Waals surface area contributed by atoms with Crippen molar-refractivity contribution in [2.75, 3.05) is 32.8 Å². The Morgan fingerprint density at radius 3 is 2.42 bits per heavy atom. The smallest absolute Gasteiger partial charge is 0.320 e. The fraction of sp³-hybridized carbons (Fsp3) is 0.857. The van der Waals surface area contributed by atoms with Crippen LogP contribution in [0.15, 0.2) is 0 Å².